The fraction of sp³-hybridized carbons (Fsp3) is 0.750. The second-order valence-corrected chi connectivity index (χ2v) is 2.98. The highest BCUT2D eigenvalue weighted by molar-refractivity contribution is 5.67. The van der Waals surface area contributed by atoms with Gasteiger partial charge in [-0.1, -0.05) is 13.8 Å². The highest BCUT2D eigenvalue weighted by atomic mass is 16.6. The minimum Gasteiger partial charge on any atom is -0.449 e. The van der Waals surface area contributed by atoms with Crippen molar-refractivity contribution < 1.29 is 9.53 Å². The van der Waals surface area contributed by atoms with Crippen molar-refractivity contribution >= 4 is 6.09 Å². The van der Waals surface area contributed by atoms with E-state index in [1.165, 1.54) is 11.9 Å². The molecule has 4 heteroatoms. The van der Waals surface area contributed by atoms with Gasteiger partial charge in [0.05, 0.1) is 12.7 Å². The Balaban J connectivity index is 3.66. The van der Waals surface area contributed by atoms with Gasteiger partial charge in [-0.15, -0.1) is 0 Å². The maximum absolute atomic E-state index is 11.0. The molecule has 0 fully saturated rings. The van der Waals surface area contributed by atoms with Gasteiger partial charge in [-0.05, 0) is 5.92 Å². The number of hydrogen-bond acceptors (Lipinski definition) is 3. The maximum atomic E-state index is 11.0. The molecule has 0 aliphatic rings. The molecule has 0 saturated heterocycles. The summed E-state index contributed by atoms with van der Waals surface area (Å²) >= 11 is 0. The van der Waals surface area contributed by atoms with E-state index in [0.29, 0.717) is 12.5 Å². The second kappa shape index (κ2) is 5.42. The predicted octanol–water partition coefficient (Wildman–Crippen LogP) is 1.23. The first-order chi connectivity index (χ1) is 5.57. The molecule has 0 unspecified atom stereocenters. The van der Waals surface area contributed by atoms with Crippen molar-refractivity contribution in [2.45, 2.75) is 13.8 Å². The van der Waals surface area contributed by atoms with Crippen LogP contribution >= 0.6 is 0 Å². The molecule has 0 aliphatic heterocycles. The fourth-order valence-electron chi connectivity index (χ4n) is 0.519. The van der Waals surface area contributed by atoms with E-state index >= 15 is 0 Å². The van der Waals surface area contributed by atoms with Gasteiger partial charge in [0, 0.05) is 7.05 Å². The van der Waals surface area contributed by atoms with Crippen LogP contribution < -0.4 is 0 Å². The number of nitrogens with zero attached hydrogens (tertiary/aromatic N) is 2. The molecule has 0 aromatic heterocycles. The van der Waals surface area contributed by atoms with Crippen LogP contribution in [0.5, 0.6) is 0 Å². The molecule has 0 atom stereocenters. The molecule has 0 aromatic rings. The van der Waals surface area contributed by atoms with Gasteiger partial charge >= 0.3 is 6.09 Å². The standard InChI is InChI=1S/C8H14N2O2/c1-7(2)6-12-8(11)10(3)5-4-9/h7H,5-6H2,1-3H3. The summed E-state index contributed by atoms with van der Waals surface area (Å²) in [7, 11) is 1.53. The molecular weight excluding hydrogens is 156 g/mol. The van der Waals surface area contributed by atoms with E-state index in [0.717, 1.165) is 0 Å². The Morgan fingerprint density at radius 1 is 1.67 bits per heavy atom. The quantitative estimate of drug-likeness (QED) is 0.599. The first-order valence-corrected chi connectivity index (χ1v) is 3.82. The molecule has 1 amide bonds. The fourth-order valence-corrected chi connectivity index (χ4v) is 0.519. The molecular formula is C8H14N2O2. The van der Waals surface area contributed by atoms with Gasteiger partial charge in [-0.3, -0.25) is 4.90 Å². The van der Waals surface area contributed by atoms with Crippen LogP contribution in [0.15, 0.2) is 0 Å². The summed E-state index contributed by atoms with van der Waals surface area (Å²) in [5.74, 6) is 0.324. The van der Waals surface area contributed by atoms with Crippen molar-refractivity contribution in [3.63, 3.8) is 0 Å². The number of hydrogen-bond donors (Lipinski definition) is 0. The maximum Gasteiger partial charge on any atom is 0.410 e. The van der Waals surface area contributed by atoms with Crippen molar-refractivity contribution in [3.8, 4) is 6.07 Å². The molecule has 0 heterocycles. The Morgan fingerprint density at radius 3 is 2.67 bits per heavy atom. The van der Waals surface area contributed by atoms with Gasteiger partial charge in [-0.25, -0.2) is 4.79 Å². The lowest BCUT2D eigenvalue weighted by atomic mass is 10.2. The van der Waals surface area contributed by atoms with Crippen molar-refractivity contribution in [2.24, 2.45) is 5.92 Å². The minimum absolute atomic E-state index is 0.0664. The molecule has 68 valence electrons. The summed E-state index contributed by atoms with van der Waals surface area (Å²) in [6.45, 7) is 4.38. The highest BCUT2D eigenvalue weighted by Crippen LogP contribution is 1.95. The molecule has 0 spiro atoms. The van der Waals surface area contributed by atoms with Crippen molar-refractivity contribution in [2.75, 3.05) is 20.2 Å². The van der Waals surface area contributed by atoms with Crippen LogP contribution in [0.2, 0.25) is 0 Å². The number of carbonyl (C=O) groups excluding carboxylic acids is 1. The summed E-state index contributed by atoms with van der Waals surface area (Å²) in [6.07, 6.45) is -0.440. The van der Waals surface area contributed by atoms with E-state index in [1.807, 2.05) is 19.9 Å². The van der Waals surface area contributed by atoms with Crippen LogP contribution in [0.4, 0.5) is 4.79 Å². The van der Waals surface area contributed by atoms with Gasteiger partial charge in [0.25, 0.3) is 0 Å². The van der Waals surface area contributed by atoms with Crippen LogP contribution in [0.1, 0.15) is 13.8 Å². The first-order valence-electron chi connectivity index (χ1n) is 3.82. The third-order valence-electron chi connectivity index (χ3n) is 1.16. The summed E-state index contributed by atoms with van der Waals surface area (Å²) in [5.41, 5.74) is 0. The van der Waals surface area contributed by atoms with E-state index < -0.39 is 6.09 Å². The van der Waals surface area contributed by atoms with E-state index in [1.54, 1.807) is 0 Å². The number of amides is 1. The summed E-state index contributed by atoms with van der Waals surface area (Å²) in [5, 5.41) is 8.26. The molecule has 0 aliphatic carbocycles. The molecule has 0 saturated carbocycles. The van der Waals surface area contributed by atoms with Gasteiger partial charge in [0.1, 0.15) is 6.54 Å². The Kier molecular flexibility index (Phi) is 4.86. The molecule has 0 N–H and O–H groups in total. The zero-order valence-electron chi connectivity index (χ0n) is 7.70. The highest BCUT2D eigenvalue weighted by Gasteiger charge is 2.08. The lowest BCUT2D eigenvalue weighted by Crippen LogP contribution is -2.28. The SMILES string of the molecule is CC(C)COC(=O)N(C)CC#N. The lowest BCUT2D eigenvalue weighted by molar-refractivity contribution is 0.103. The zero-order valence-corrected chi connectivity index (χ0v) is 7.70. The van der Waals surface area contributed by atoms with Gasteiger partial charge in [-0.2, -0.15) is 5.26 Å². The van der Waals surface area contributed by atoms with E-state index in [9.17, 15) is 4.79 Å². The first kappa shape index (κ1) is 10.8. The molecule has 4 nitrogen and oxygen atoms in total. The topological polar surface area (TPSA) is 53.3 Å². The van der Waals surface area contributed by atoms with Crippen molar-refractivity contribution in [1.82, 2.24) is 4.90 Å². The minimum atomic E-state index is -0.440. The Morgan fingerprint density at radius 2 is 2.25 bits per heavy atom. The number of ether oxygens (including phenoxy) is 1. The zero-order chi connectivity index (χ0) is 9.56. The molecule has 0 bridgehead atoms. The third-order valence-corrected chi connectivity index (χ3v) is 1.16. The molecule has 0 radical (unpaired) electrons. The van der Waals surface area contributed by atoms with E-state index in [2.05, 4.69) is 0 Å². The van der Waals surface area contributed by atoms with Gasteiger partial charge in [0.2, 0.25) is 0 Å². The van der Waals surface area contributed by atoms with Crippen molar-refractivity contribution in [3.05, 3.63) is 0 Å². The van der Waals surface area contributed by atoms with E-state index in [-0.39, 0.29) is 6.54 Å². The van der Waals surface area contributed by atoms with Crippen LogP contribution in [-0.2, 0) is 4.74 Å². The lowest BCUT2D eigenvalue weighted by Gasteiger charge is -2.14. The number of rotatable bonds is 3. The summed E-state index contributed by atoms with van der Waals surface area (Å²) < 4.78 is 4.85. The summed E-state index contributed by atoms with van der Waals surface area (Å²) in [6, 6.07) is 1.86. The Hall–Kier alpha value is -1.24. The molecule has 0 aromatic carbocycles. The summed E-state index contributed by atoms with van der Waals surface area (Å²) in [4.78, 5) is 12.2. The second-order valence-electron chi connectivity index (χ2n) is 2.98. The van der Waals surface area contributed by atoms with Gasteiger partial charge in [0.15, 0.2) is 0 Å². The Bertz CT molecular complexity index is 184. The van der Waals surface area contributed by atoms with Gasteiger partial charge < -0.3 is 4.74 Å². The normalized spacial score (nSPS) is 9.25. The Labute approximate surface area is 72.7 Å². The van der Waals surface area contributed by atoms with E-state index in [4.69, 9.17) is 10.00 Å². The monoisotopic (exact) mass is 170 g/mol. The van der Waals surface area contributed by atoms with Crippen LogP contribution in [0, 0.1) is 17.2 Å². The average molecular weight is 170 g/mol. The van der Waals surface area contributed by atoms with Crippen LogP contribution in [0.3, 0.4) is 0 Å². The number of nitriles is 1. The predicted molar refractivity (Wildman–Crippen MR) is 44.4 cm³/mol. The molecule has 0 rings (SSSR count). The van der Waals surface area contributed by atoms with Crippen LogP contribution in [0.25, 0.3) is 0 Å². The van der Waals surface area contributed by atoms with Crippen molar-refractivity contribution in [1.29, 1.82) is 5.26 Å². The smallest absolute Gasteiger partial charge is 0.410 e. The van der Waals surface area contributed by atoms with Crippen LogP contribution in [-0.4, -0.2) is 31.2 Å². The molecule has 12 heavy (non-hydrogen) atoms. The average Bonchev–Trinajstić information content (AvgIpc) is 2.00. The number of carbonyl (C=O) groups is 1. The largest absolute Gasteiger partial charge is 0.449 e. The third kappa shape index (κ3) is 4.56.